The molecule has 1 N–H and O–H groups in total. The highest BCUT2D eigenvalue weighted by atomic mass is 32.2. The molecule has 0 saturated carbocycles. The predicted octanol–water partition coefficient (Wildman–Crippen LogP) is 3.19. The SMILES string of the molecule is COc1cccc(/C=N\Nc2snc(SC)c2C#N)c1. The number of thioether (sulfide) groups is 1. The van der Waals surface area contributed by atoms with Gasteiger partial charge in [0.15, 0.2) is 0 Å². The maximum Gasteiger partial charge on any atom is 0.148 e. The summed E-state index contributed by atoms with van der Waals surface area (Å²) in [6.07, 6.45) is 3.56. The Morgan fingerprint density at radius 2 is 2.40 bits per heavy atom. The Hall–Kier alpha value is -2.04. The van der Waals surface area contributed by atoms with Crippen LogP contribution in [-0.2, 0) is 0 Å². The standard InChI is InChI=1S/C13H12N4OS2/c1-18-10-5-3-4-9(6-10)8-15-16-12-11(7-14)13(19-2)17-20-12/h3-6,8,16H,1-2H3/b15-8-. The van der Waals surface area contributed by atoms with E-state index in [0.717, 1.165) is 16.3 Å². The minimum atomic E-state index is 0.533. The fraction of sp³-hybridized carbons (Fsp3) is 0.154. The second-order valence-corrected chi connectivity index (χ2v) is 5.22. The second kappa shape index (κ2) is 6.93. The third kappa shape index (κ3) is 3.29. The fourth-order valence-corrected chi connectivity index (χ4v) is 2.90. The van der Waals surface area contributed by atoms with Gasteiger partial charge in [-0.1, -0.05) is 12.1 Å². The van der Waals surface area contributed by atoms with Gasteiger partial charge in [-0.05, 0) is 35.5 Å². The number of ether oxygens (including phenoxy) is 1. The Morgan fingerprint density at radius 3 is 3.10 bits per heavy atom. The number of nitrogens with zero attached hydrogens (tertiary/aromatic N) is 3. The topological polar surface area (TPSA) is 70.3 Å². The molecule has 20 heavy (non-hydrogen) atoms. The number of nitrogens with one attached hydrogen (secondary N) is 1. The van der Waals surface area contributed by atoms with Crippen LogP contribution >= 0.6 is 23.3 Å². The van der Waals surface area contributed by atoms with Crippen LogP contribution in [-0.4, -0.2) is 24.0 Å². The van der Waals surface area contributed by atoms with Crippen molar-refractivity contribution in [2.75, 3.05) is 18.8 Å². The van der Waals surface area contributed by atoms with Crippen LogP contribution in [0.4, 0.5) is 5.00 Å². The van der Waals surface area contributed by atoms with Crippen molar-refractivity contribution in [2.24, 2.45) is 5.10 Å². The number of hydrazone groups is 1. The number of benzene rings is 1. The van der Waals surface area contributed by atoms with Crippen LogP contribution in [0.5, 0.6) is 5.75 Å². The third-order valence-electron chi connectivity index (χ3n) is 2.44. The molecule has 0 fully saturated rings. The second-order valence-electron chi connectivity index (χ2n) is 3.65. The summed E-state index contributed by atoms with van der Waals surface area (Å²) in [5.41, 5.74) is 4.29. The molecular formula is C13H12N4OS2. The van der Waals surface area contributed by atoms with E-state index in [4.69, 9.17) is 10.00 Å². The van der Waals surface area contributed by atoms with E-state index in [-0.39, 0.29) is 0 Å². The van der Waals surface area contributed by atoms with Crippen molar-refractivity contribution in [3.05, 3.63) is 35.4 Å². The lowest BCUT2D eigenvalue weighted by molar-refractivity contribution is 0.415. The maximum atomic E-state index is 9.10. The zero-order valence-electron chi connectivity index (χ0n) is 11.0. The van der Waals surface area contributed by atoms with Gasteiger partial charge in [-0.3, -0.25) is 5.43 Å². The molecule has 0 unspecified atom stereocenters. The summed E-state index contributed by atoms with van der Waals surface area (Å²) in [6, 6.07) is 9.68. The highest BCUT2D eigenvalue weighted by Crippen LogP contribution is 2.29. The number of rotatable bonds is 5. The van der Waals surface area contributed by atoms with Gasteiger partial charge in [-0.15, -0.1) is 11.8 Å². The highest BCUT2D eigenvalue weighted by Gasteiger charge is 2.11. The van der Waals surface area contributed by atoms with Gasteiger partial charge < -0.3 is 4.74 Å². The molecule has 0 aliphatic rings. The van der Waals surface area contributed by atoms with E-state index in [1.165, 1.54) is 23.3 Å². The van der Waals surface area contributed by atoms with E-state index in [2.05, 4.69) is 21.0 Å². The Kier molecular flexibility index (Phi) is 4.98. The van der Waals surface area contributed by atoms with E-state index in [0.29, 0.717) is 10.6 Å². The molecule has 0 bridgehead atoms. The Labute approximate surface area is 125 Å². The van der Waals surface area contributed by atoms with Crippen LogP contribution in [0, 0.1) is 11.3 Å². The van der Waals surface area contributed by atoms with Crippen molar-refractivity contribution in [3.63, 3.8) is 0 Å². The number of aromatic nitrogens is 1. The number of methoxy groups -OCH3 is 1. The van der Waals surface area contributed by atoms with Crippen molar-refractivity contribution < 1.29 is 4.74 Å². The van der Waals surface area contributed by atoms with Crippen LogP contribution in [0.3, 0.4) is 0 Å². The van der Waals surface area contributed by atoms with Crippen LogP contribution < -0.4 is 10.2 Å². The van der Waals surface area contributed by atoms with Crippen LogP contribution in [0.25, 0.3) is 0 Å². The van der Waals surface area contributed by atoms with Crippen molar-refractivity contribution in [3.8, 4) is 11.8 Å². The van der Waals surface area contributed by atoms with Gasteiger partial charge in [-0.2, -0.15) is 14.7 Å². The first-order valence-electron chi connectivity index (χ1n) is 5.65. The molecule has 0 radical (unpaired) electrons. The van der Waals surface area contributed by atoms with Crippen LogP contribution in [0.2, 0.25) is 0 Å². The smallest absolute Gasteiger partial charge is 0.148 e. The first-order valence-corrected chi connectivity index (χ1v) is 7.65. The zero-order chi connectivity index (χ0) is 14.4. The number of hydrogen-bond donors (Lipinski definition) is 1. The molecule has 1 aromatic carbocycles. The fourth-order valence-electron chi connectivity index (χ4n) is 1.48. The van der Waals surface area contributed by atoms with E-state index >= 15 is 0 Å². The summed E-state index contributed by atoms with van der Waals surface area (Å²) in [5.74, 6) is 0.772. The Bertz CT molecular complexity index is 661. The summed E-state index contributed by atoms with van der Waals surface area (Å²) in [5, 5.41) is 14.6. The number of anilines is 1. The van der Waals surface area contributed by atoms with Crippen molar-refractivity contribution in [2.45, 2.75) is 5.03 Å². The lowest BCUT2D eigenvalue weighted by Crippen LogP contribution is -1.91. The lowest BCUT2D eigenvalue weighted by atomic mass is 10.2. The van der Waals surface area contributed by atoms with Gasteiger partial charge in [0.25, 0.3) is 0 Å². The summed E-state index contributed by atoms with van der Waals surface area (Å²) in [7, 11) is 1.62. The zero-order valence-corrected chi connectivity index (χ0v) is 12.6. The maximum absolute atomic E-state index is 9.10. The van der Waals surface area contributed by atoms with Gasteiger partial charge in [0.2, 0.25) is 0 Å². The lowest BCUT2D eigenvalue weighted by Gasteiger charge is -2.00. The quantitative estimate of drug-likeness (QED) is 0.522. The van der Waals surface area contributed by atoms with E-state index in [9.17, 15) is 0 Å². The minimum Gasteiger partial charge on any atom is -0.497 e. The monoisotopic (exact) mass is 304 g/mol. The van der Waals surface area contributed by atoms with Gasteiger partial charge in [0.05, 0.1) is 13.3 Å². The first kappa shape index (κ1) is 14.4. The Morgan fingerprint density at radius 1 is 1.55 bits per heavy atom. The summed E-state index contributed by atoms with van der Waals surface area (Å²) in [6.45, 7) is 0. The molecule has 0 aliphatic carbocycles. The van der Waals surface area contributed by atoms with Crippen LogP contribution in [0.15, 0.2) is 34.4 Å². The average Bonchev–Trinajstić information content (AvgIpc) is 2.89. The Balaban J connectivity index is 2.10. The molecule has 0 saturated heterocycles. The third-order valence-corrected chi connectivity index (χ3v) is 3.99. The normalized spacial score (nSPS) is 10.4. The van der Waals surface area contributed by atoms with E-state index in [1.54, 1.807) is 13.3 Å². The molecule has 1 aromatic heterocycles. The van der Waals surface area contributed by atoms with Crippen molar-refractivity contribution >= 4 is 34.5 Å². The number of hydrogen-bond acceptors (Lipinski definition) is 7. The molecule has 0 spiro atoms. The van der Waals surface area contributed by atoms with Crippen molar-refractivity contribution in [1.82, 2.24) is 4.37 Å². The largest absolute Gasteiger partial charge is 0.497 e. The summed E-state index contributed by atoms with van der Waals surface area (Å²) >= 11 is 2.67. The summed E-state index contributed by atoms with van der Waals surface area (Å²) in [4.78, 5) is 0. The molecule has 5 nitrogen and oxygen atoms in total. The van der Waals surface area contributed by atoms with Crippen molar-refractivity contribution in [1.29, 1.82) is 5.26 Å². The van der Waals surface area contributed by atoms with Gasteiger partial charge >= 0.3 is 0 Å². The summed E-state index contributed by atoms with van der Waals surface area (Å²) < 4.78 is 9.32. The average molecular weight is 304 g/mol. The molecular weight excluding hydrogens is 292 g/mol. The van der Waals surface area contributed by atoms with Gasteiger partial charge in [-0.25, -0.2) is 0 Å². The van der Waals surface area contributed by atoms with Gasteiger partial charge in [0.1, 0.15) is 27.4 Å². The first-order chi connectivity index (χ1) is 9.78. The number of nitriles is 1. The molecule has 1 heterocycles. The molecule has 2 aromatic rings. The molecule has 2 rings (SSSR count). The molecule has 102 valence electrons. The van der Waals surface area contributed by atoms with Crippen LogP contribution in [0.1, 0.15) is 11.1 Å². The molecule has 0 atom stereocenters. The minimum absolute atomic E-state index is 0.533. The molecule has 0 aliphatic heterocycles. The highest BCUT2D eigenvalue weighted by molar-refractivity contribution is 7.98. The van der Waals surface area contributed by atoms with Gasteiger partial charge in [0, 0.05) is 0 Å². The van der Waals surface area contributed by atoms with E-state index in [1.807, 2.05) is 30.5 Å². The molecule has 0 amide bonds. The van der Waals surface area contributed by atoms with E-state index < -0.39 is 0 Å². The molecule has 7 heteroatoms. The predicted molar refractivity (Wildman–Crippen MR) is 82.8 cm³/mol.